The van der Waals surface area contributed by atoms with E-state index in [1.165, 1.54) is 29.5 Å². The second kappa shape index (κ2) is 11.1. The van der Waals surface area contributed by atoms with Gasteiger partial charge in [0.25, 0.3) is 0 Å². The Bertz CT molecular complexity index is 1100. The fourth-order valence-corrected chi connectivity index (χ4v) is 5.41. The molecule has 1 atom stereocenters. The number of nitrogens with zero attached hydrogens (tertiary/aromatic N) is 3. The van der Waals surface area contributed by atoms with Crippen molar-refractivity contribution in [2.24, 2.45) is 5.92 Å². The number of methoxy groups -OCH3 is 1. The maximum absolute atomic E-state index is 5.57. The lowest BCUT2D eigenvalue weighted by Crippen LogP contribution is -2.44. The van der Waals surface area contributed by atoms with E-state index in [2.05, 4.69) is 64.3 Å². The van der Waals surface area contributed by atoms with Crippen LogP contribution >= 0.6 is 0 Å². The van der Waals surface area contributed by atoms with Gasteiger partial charge < -0.3 is 14.2 Å². The maximum atomic E-state index is 5.57. The van der Waals surface area contributed by atoms with Gasteiger partial charge in [0.15, 0.2) is 11.5 Å². The highest BCUT2D eigenvalue weighted by Crippen LogP contribution is 2.34. The number of aromatic nitrogens is 1. The number of likely N-dealkylation sites (N-methyl/N-ethyl adjacent to an activating group) is 1. The van der Waals surface area contributed by atoms with Crippen LogP contribution in [0.3, 0.4) is 0 Å². The summed E-state index contributed by atoms with van der Waals surface area (Å²) < 4.78 is 16.5. The van der Waals surface area contributed by atoms with Crippen LogP contribution in [0.15, 0.2) is 67.0 Å². The van der Waals surface area contributed by atoms with Gasteiger partial charge in [-0.2, -0.15) is 0 Å². The van der Waals surface area contributed by atoms with Gasteiger partial charge in [0.1, 0.15) is 5.75 Å². The molecule has 0 amide bonds. The molecule has 0 saturated carbocycles. The molecule has 1 unspecified atom stereocenters. The third-order valence-corrected chi connectivity index (χ3v) is 7.35. The molecule has 0 bridgehead atoms. The largest absolute Gasteiger partial charge is 0.497 e. The Labute approximate surface area is 208 Å². The molecular formula is C29H35N3O3. The van der Waals surface area contributed by atoms with E-state index < -0.39 is 0 Å². The summed E-state index contributed by atoms with van der Waals surface area (Å²) in [7, 11) is 4.01. The maximum Gasteiger partial charge on any atom is 0.231 e. The summed E-state index contributed by atoms with van der Waals surface area (Å²) >= 11 is 0. The van der Waals surface area contributed by atoms with Crippen molar-refractivity contribution in [2.75, 3.05) is 34.0 Å². The van der Waals surface area contributed by atoms with Crippen LogP contribution in [0, 0.1) is 5.92 Å². The Morgan fingerprint density at radius 1 is 0.971 bits per heavy atom. The summed E-state index contributed by atoms with van der Waals surface area (Å²) in [5.41, 5.74) is 3.92. The summed E-state index contributed by atoms with van der Waals surface area (Å²) in [4.78, 5) is 9.29. The molecule has 2 aliphatic rings. The van der Waals surface area contributed by atoms with E-state index in [-0.39, 0.29) is 0 Å². The van der Waals surface area contributed by atoms with Crippen LogP contribution in [-0.2, 0) is 19.5 Å². The van der Waals surface area contributed by atoms with Crippen molar-refractivity contribution in [3.8, 4) is 17.2 Å². The van der Waals surface area contributed by atoms with Gasteiger partial charge in [0, 0.05) is 31.5 Å². The number of likely N-dealkylation sites (tertiary alicyclic amines) is 1. The Morgan fingerprint density at radius 2 is 1.77 bits per heavy atom. The standard InChI is InChI=1S/C29H35N3O3/c1-31(19-22-8-12-30-13-9-22)27(17-23-4-3-5-26(16-23)33-2)25-10-14-32(15-11-25)20-24-6-7-28-29(18-24)35-21-34-28/h3-9,12-13,16,18,25,27H,10-11,14-15,17,19-21H2,1-2H3. The van der Waals surface area contributed by atoms with Gasteiger partial charge in [-0.3, -0.25) is 14.8 Å². The second-order valence-electron chi connectivity index (χ2n) is 9.69. The van der Waals surface area contributed by atoms with E-state index >= 15 is 0 Å². The minimum Gasteiger partial charge on any atom is -0.497 e. The zero-order valence-corrected chi connectivity index (χ0v) is 20.7. The van der Waals surface area contributed by atoms with Crippen molar-refractivity contribution < 1.29 is 14.2 Å². The van der Waals surface area contributed by atoms with E-state index in [0.717, 1.165) is 49.8 Å². The molecule has 1 aromatic heterocycles. The van der Waals surface area contributed by atoms with Gasteiger partial charge in [-0.1, -0.05) is 18.2 Å². The van der Waals surface area contributed by atoms with Crippen LogP contribution < -0.4 is 14.2 Å². The van der Waals surface area contributed by atoms with Gasteiger partial charge in [0.2, 0.25) is 6.79 Å². The van der Waals surface area contributed by atoms with Crippen molar-refractivity contribution >= 4 is 0 Å². The molecule has 6 heteroatoms. The first-order valence-electron chi connectivity index (χ1n) is 12.5. The number of benzene rings is 2. The van der Waals surface area contributed by atoms with E-state index in [1.807, 2.05) is 24.5 Å². The van der Waals surface area contributed by atoms with Gasteiger partial charge >= 0.3 is 0 Å². The van der Waals surface area contributed by atoms with Gasteiger partial charge in [-0.25, -0.2) is 0 Å². The Morgan fingerprint density at radius 3 is 2.57 bits per heavy atom. The molecule has 0 aliphatic carbocycles. The molecule has 35 heavy (non-hydrogen) atoms. The third-order valence-electron chi connectivity index (χ3n) is 7.35. The molecule has 0 spiro atoms. The van der Waals surface area contributed by atoms with Crippen LogP contribution in [0.4, 0.5) is 0 Å². The quantitative estimate of drug-likeness (QED) is 0.446. The average molecular weight is 474 g/mol. The lowest BCUT2D eigenvalue weighted by molar-refractivity contribution is 0.0953. The first kappa shape index (κ1) is 23.6. The molecule has 1 fully saturated rings. The summed E-state index contributed by atoms with van der Waals surface area (Å²) in [6, 6.07) is 19.5. The summed E-state index contributed by atoms with van der Waals surface area (Å²) in [6.45, 7) is 4.42. The van der Waals surface area contributed by atoms with E-state index in [0.29, 0.717) is 18.8 Å². The van der Waals surface area contributed by atoms with Crippen molar-refractivity contribution in [3.05, 3.63) is 83.7 Å². The molecule has 3 heterocycles. The van der Waals surface area contributed by atoms with Crippen molar-refractivity contribution in [2.45, 2.75) is 38.4 Å². The predicted molar refractivity (Wildman–Crippen MR) is 137 cm³/mol. The Kier molecular flexibility index (Phi) is 7.50. The van der Waals surface area contributed by atoms with Crippen LogP contribution in [0.5, 0.6) is 17.2 Å². The Balaban J connectivity index is 1.25. The molecule has 5 rings (SSSR count). The first-order valence-corrected chi connectivity index (χ1v) is 12.5. The minimum atomic E-state index is 0.325. The van der Waals surface area contributed by atoms with Crippen molar-refractivity contribution in [3.63, 3.8) is 0 Å². The molecule has 6 nitrogen and oxygen atoms in total. The third kappa shape index (κ3) is 5.95. The number of fused-ring (bicyclic) bond motifs is 1. The molecule has 0 radical (unpaired) electrons. The summed E-state index contributed by atoms with van der Waals surface area (Å²) in [6.07, 6.45) is 7.18. The zero-order chi connectivity index (χ0) is 24.0. The van der Waals surface area contributed by atoms with Gasteiger partial charge in [-0.05, 0) is 98.4 Å². The highest BCUT2D eigenvalue weighted by Gasteiger charge is 2.30. The van der Waals surface area contributed by atoms with Crippen LogP contribution in [0.2, 0.25) is 0 Å². The fourth-order valence-electron chi connectivity index (χ4n) is 5.41. The number of rotatable bonds is 9. The fraction of sp³-hybridized carbons (Fsp3) is 0.414. The minimum absolute atomic E-state index is 0.325. The van der Waals surface area contributed by atoms with Crippen LogP contribution in [0.1, 0.15) is 29.5 Å². The smallest absolute Gasteiger partial charge is 0.231 e. The number of hydrogen-bond donors (Lipinski definition) is 0. The summed E-state index contributed by atoms with van der Waals surface area (Å²) in [5, 5.41) is 0. The highest BCUT2D eigenvalue weighted by atomic mass is 16.7. The second-order valence-corrected chi connectivity index (χ2v) is 9.69. The first-order chi connectivity index (χ1) is 17.2. The molecule has 184 valence electrons. The normalized spacial score (nSPS) is 17.0. The summed E-state index contributed by atoms with van der Waals surface area (Å²) in [5.74, 6) is 3.29. The zero-order valence-electron chi connectivity index (χ0n) is 20.7. The number of pyridine rings is 1. The highest BCUT2D eigenvalue weighted by molar-refractivity contribution is 5.44. The SMILES string of the molecule is COc1cccc(CC(C2CCN(Cc3ccc4c(c3)OCO4)CC2)N(C)Cc2ccncc2)c1. The van der Waals surface area contributed by atoms with Crippen LogP contribution in [-0.4, -0.2) is 54.9 Å². The molecular weight excluding hydrogens is 438 g/mol. The lowest BCUT2D eigenvalue weighted by atomic mass is 9.84. The molecule has 1 saturated heterocycles. The molecule has 3 aromatic rings. The molecule has 0 N–H and O–H groups in total. The molecule has 2 aromatic carbocycles. The number of piperidine rings is 1. The lowest BCUT2D eigenvalue weighted by Gasteiger charge is -2.40. The van der Waals surface area contributed by atoms with Gasteiger partial charge in [0.05, 0.1) is 7.11 Å². The molecule has 2 aliphatic heterocycles. The topological polar surface area (TPSA) is 47.1 Å². The Hall–Kier alpha value is -3.09. The number of hydrogen-bond acceptors (Lipinski definition) is 6. The van der Waals surface area contributed by atoms with E-state index in [4.69, 9.17) is 14.2 Å². The van der Waals surface area contributed by atoms with E-state index in [9.17, 15) is 0 Å². The average Bonchev–Trinajstić information content (AvgIpc) is 3.36. The van der Waals surface area contributed by atoms with Crippen molar-refractivity contribution in [1.82, 2.24) is 14.8 Å². The predicted octanol–water partition coefficient (Wildman–Crippen LogP) is 4.77. The number of ether oxygens (including phenoxy) is 3. The monoisotopic (exact) mass is 473 g/mol. The van der Waals surface area contributed by atoms with Gasteiger partial charge in [-0.15, -0.1) is 0 Å². The van der Waals surface area contributed by atoms with Crippen molar-refractivity contribution in [1.29, 1.82) is 0 Å². The van der Waals surface area contributed by atoms with E-state index in [1.54, 1.807) is 7.11 Å². The van der Waals surface area contributed by atoms with Crippen LogP contribution in [0.25, 0.3) is 0 Å².